The van der Waals surface area contributed by atoms with Gasteiger partial charge in [0.1, 0.15) is 5.84 Å². The summed E-state index contributed by atoms with van der Waals surface area (Å²) in [5, 5.41) is 1.14. The third kappa shape index (κ3) is 3.52. The molecule has 142 valence electrons. The van der Waals surface area contributed by atoms with Crippen molar-refractivity contribution in [2.75, 3.05) is 11.4 Å². The normalized spacial score (nSPS) is 16.2. The van der Waals surface area contributed by atoms with Crippen LogP contribution in [0.4, 0.5) is 5.69 Å². The summed E-state index contributed by atoms with van der Waals surface area (Å²) < 4.78 is 0. The lowest BCUT2D eigenvalue weighted by atomic mass is 10.1. The molecule has 1 aromatic heterocycles. The van der Waals surface area contributed by atoms with Gasteiger partial charge >= 0.3 is 0 Å². The summed E-state index contributed by atoms with van der Waals surface area (Å²) in [6.45, 7) is 2.99. The number of fused-ring (bicyclic) bond motifs is 1. The maximum Gasteiger partial charge on any atom is 0.138 e. The van der Waals surface area contributed by atoms with Gasteiger partial charge in [-0.3, -0.25) is 9.98 Å². The second kappa shape index (κ2) is 7.51. The van der Waals surface area contributed by atoms with E-state index in [-0.39, 0.29) is 6.04 Å². The van der Waals surface area contributed by atoms with Crippen molar-refractivity contribution in [3.8, 4) is 0 Å². The fourth-order valence-corrected chi connectivity index (χ4v) is 4.03. The van der Waals surface area contributed by atoms with Gasteiger partial charge in [0.2, 0.25) is 0 Å². The molecule has 5 rings (SSSR count). The number of anilines is 1. The lowest BCUT2D eigenvalue weighted by Crippen LogP contribution is -2.30. The summed E-state index contributed by atoms with van der Waals surface area (Å²) in [5.74, 6) is 1.01. The smallest absolute Gasteiger partial charge is 0.138 e. The van der Waals surface area contributed by atoms with Gasteiger partial charge in [-0.1, -0.05) is 66.2 Å². The van der Waals surface area contributed by atoms with Crippen LogP contribution in [-0.2, 0) is 6.42 Å². The van der Waals surface area contributed by atoms with Crippen molar-refractivity contribution in [2.45, 2.75) is 19.4 Å². The van der Waals surface area contributed by atoms with Gasteiger partial charge in [-0.05, 0) is 43.2 Å². The standard InChI is InChI=1S/C26H23N3/c1-19-12-14-23(15-13-19)29-18-22(17-20-7-3-2-4-8-20)28-26(29)24-11-5-9-21-10-6-16-27-25(21)24/h2-16,22H,17-18H2,1H3. The third-order valence-corrected chi connectivity index (χ3v) is 5.49. The van der Waals surface area contributed by atoms with Crippen molar-refractivity contribution in [1.29, 1.82) is 0 Å². The van der Waals surface area contributed by atoms with Gasteiger partial charge in [0, 0.05) is 29.4 Å². The number of aliphatic imine (C=N–C) groups is 1. The molecule has 0 saturated carbocycles. The number of aromatic nitrogens is 1. The number of pyridine rings is 1. The van der Waals surface area contributed by atoms with Crippen molar-refractivity contribution in [3.63, 3.8) is 0 Å². The van der Waals surface area contributed by atoms with Gasteiger partial charge in [-0.2, -0.15) is 0 Å². The van der Waals surface area contributed by atoms with E-state index in [2.05, 4.69) is 95.7 Å². The van der Waals surface area contributed by atoms with Crippen molar-refractivity contribution < 1.29 is 0 Å². The Balaban J connectivity index is 1.58. The quantitative estimate of drug-likeness (QED) is 0.475. The lowest BCUT2D eigenvalue weighted by Gasteiger charge is -2.22. The number of rotatable bonds is 4. The number of amidine groups is 1. The molecule has 0 N–H and O–H groups in total. The van der Waals surface area contributed by atoms with Gasteiger partial charge in [0.15, 0.2) is 0 Å². The van der Waals surface area contributed by atoms with Gasteiger partial charge in [-0.15, -0.1) is 0 Å². The Morgan fingerprint density at radius 2 is 1.66 bits per heavy atom. The van der Waals surface area contributed by atoms with E-state index < -0.39 is 0 Å². The van der Waals surface area contributed by atoms with Crippen LogP contribution in [0.3, 0.4) is 0 Å². The Bertz CT molecular complexity index is 1160. The maximum absolute atomic E-state index is 5.19. The van der Waals surface area contributed by atoms with Gasteiger partial charge in [0.25, 0.3) is 0 Å². The highest BCUT2D eigenvalue weighted by molar-refractivity contribution is 6.17. The molecule has 1 atom stereocenters. The van der Waals surface area contributed by atoms with Crippen molar-refractivity contribution >= 4 is 22.4 Å². The molecule has 0 spiro atoms. The van der Waals surface area contributed by atoms with E-state index in [1.807, 2.05) is 12.3 Å². The number of para-hydroxylation sites is 1. The molecule has 2 heterocycles. The molecule has 0 saturated heterocycles. The summed E-state index contributed by atoms with van der Waals surface area (Å²) in [4.78, 5) is 12.2. The predicted octanol–water partition coefficient (Wildman–Crippen LogP) is 5.42. The fraction of sp³-hybridized carbons (Fsp3) is 0.154. The third-order valence-electron chi connectivity index (χ3n) is 5.49. The molecule has 4 aromatic rings. The Kier molecular flexibility index (Phi) is 4.57. The minimum absolute atomic E-state index is 0.215. The minimum atomic E-state index is 0.215. The van der Waals surface area contributed by atoms with Crippen LogP contribution in [0.15, 0.2) is 96.1 Å². The first-order chi connectivity index (χ1) is 14.3. The summed E-state index contributed by atoms with van der Waals surface area (Å²) in [6, 6.07) is 30.0. The molecular weight excluding hydrogens is 354 g/mol. The van der Waals surface area contributed by atoms with Crippen LogP contribution in [0.5, 0.6) is 0 Å². The summed E-state index contributed by atoms with van der Waals surface area (Å²) in [7, 11) is 0. The zero-order valence-corrected chi connectivity index (χ0v) is 16.5. The minimum Gasteiger partial charge on any atom is -0.324 e. The number of nitrogens with zero attached hydrogens (tertiary/aromatic N) is 3. The highest BCUT2D eigenvalue weighted by Crippen LogP contribution is 2.28. The van der Waals surface area contributed by atoms with Crippen LogP contribution in [0.2, 0.25) is 0 Å². The Morgan fingerprint density at radius 1 is 0.862 bits per heavy atom. The van der Waals surface area contributed by atoms with Crippen molar-refractivity contribution in [2.24, 2.45) is 4.99 Å². The summed E-state index contributed by atoms with van der Waals surface area (Å²) in [5.41, 5.74) is 5.87. The van der Waals surface area contributed by atoms with Gasteiger partial charge < -0.3 is 4.90 Å². The van der Waals surface area contributed by atoms with Crippen LogP contribution in [0.25, 0.3) is 10.9 Å². The van der Waals surface area contributed by atoms with Crippen molar-refractivity contribution in [3.05, 3.63) is 108 Å². The molecule has 3 nitrogen and oxygen atoms in total. The molecular formula is C26H23N3. The molecule has 0 amide bonds. The molecule has 29 heavy (non-hydrogen) atoms. The van der Waals surface area contributed by atoms with Crippen LogP contribution in [0, 0.1) is 6.92 Å². The summed E-state index contributed by atoms with van der Waals surface area (Å²) in [6.07, 6.45) is 2.80. The van der Waals surface area contributed by atoms with E-state index >= 15 is 0 Å². The average Bonchev–Trinajstić information content (AvgIpc) is 3.18. The molecule has 3 heteroatoms. The maximum atomic E-state index is 5.19. The van der Waals surface area contributed by atoms with Gasteiger partial charge in [0.05, 0.1) is 11.6 Å². The number of hydrogen-bond acceptors (Lipinski definition) is 3. The zero-order chi connectivity index (χ0) is 19.6. The molecule has 1 aliphatic rings. The van der Waals surface area contributed by atoms with Gasteiger partial charge in [-0.25, -0.2) is 0 Å². The van der Waals surface area contributed by atoms with Crippen LogP contribution < -0.4 is 4.90 Å². The Morgan fingerprint density at radius 3 is 2.48 bits per heavy atom. The SMILES string of the molecule is Cc1ccc(N2CC(Cc3ccccc3)N=C2c2cccc3cccnc23)cc1. The predicted molar refractivity (Wildman–Crippen MR) is 121 cm³/mol. The van der Waals surface area contributed by atoms with E-state index in [1.54, 1.807) is 0 Å². The first-order valence-corrected chi connectivity index (χ1v) is 10.1. The Labute approximate surface area is 171 Å². The van der Waals surface area contributed by atoms with E-state index in [4.69, 9.17) is 4.99 Å². The molecule has 0 bridgehead atoms. The van der Waals surface area contributed by atoms with E-state index in [9.17, 15) is 0 Å². The average molecular weight is 377 g/mol. The first-order valence-electron chi connectivity index (χ1n) is 10.1. The molecule has 0 aliphatic carbocycles. The molecule has 3 aromatic carbocycles. The summed E-state index contributed by atoms with van der Waals surface area (Å²) >= 11 is 0. The number of hydrogen-bond donors (Lipinski definition) is 0. The number of aryl methyl sites for hydroxylation is 1. The molecule has 1 aliphatic heterocycles. The topological polar surface area (TPSA) is 28.5 Å². The largest absolute Gasteiger partial charge is 0.324 e. The van der Waals surface area contributed by atoms with Crippen molar-refractivity contribution in [1.82, 2.24) is 4.98 Å². The van der Waals surface area contributed by atoms with Crippen LogP contribution >= 0.6 is 0 Å². The molecule has 0 radical (unpaired) electrons. The lowest BCUT2D eigenvalue weighted by molar-refractivity contribution is 0.714. The molecule has 1 unspecified atom stereocenters. The Hall–Kier alpha value is -3.46. The zero-order valence-electron chi connectivity index (χ0n) is 16.5. The fourth-order valence-electron chi connectivity index (χ4n) is 4.03. The molecule has 0 fully saturated rings. The highest BCUT2D eigenvalue weighted by atomic mass is 15.3. The monoisotopic (exact) mass is 377 g/mol. The first kappa shape index (κ1) is 17.6. The van der Waals surface area contributed by atoms with Crippen LogP contribution in [-0.4, -0.2) is 23.4 Å². The van der Waals surface area contributed by atoms with E-state index in [1.165, 1.54) is 16.8 Å². The highest BCUT2D eigenvalue weighted by Gasteiger charge is 2.28. The van der Waals surface area contributed by atoms with Crippen LogP contribution in [0.1, 0.15) is 16.7 Å². The van der Waals surface area contributed by atoms with E-state index in [0.717, 1.165) is 35.3 Å². The second-order valence-electron chi connectivity index (χ2n) is 7.62. The second-order valence-corrected chi connectivity index (χ2v) is 7.62. The number of benzene rings is 3. The van der Waals surface area contributed by atoms with E-state index in [0.29, 0.717) is 0 Å².